The lowest BCUT2D eigenvalue weighted by Crippen LogP contribution is -2.44. The van der Waals surface area contributed by atoms with E-state index in [-0.39, 0.29) is 11.5 Å². The van der Waals surface area contributed by atoms with Crippen LogP contribution < -0.4 is 4.72 Å². The highest BCUT2D eigenvalue weighted by Gasteiger charge is 2.27. The number of carboxylic acids is 1. The lowest BCUT2D eigenvalue weighted by Gasteiger charge is -2.18. The van der Waals surface area contributed by atoms with Gasteiger partial charge in [0.25, 0.3) is 0 Å². The number of sulfonamides is 1. The van der Waals surface area contributed by atoms with Crippen LogP contribution in [0.25, 0.3) is 0 Å². The van der Waals surface area contributed by atoms with Gasteiger partial charge in [-0.2, -0.15) is 5.26 Å². The summed E-state index contributed by atoms with van der Waals surface area (Å²) in [6, 6.07) is 7.03. The monoisotopic (exact) mass is 296 g/mol. The summed E-state index contributed by atoms with van der Waals surface area (Å²) in [5.41, 5.74) is 0.602. The van der Waals surface area contributed by atoms with E-state index in [1.54, 1.807) is 26.0 Å². The fraction of sp³-hybridized carbons (Fsp3) is 0.385. The number of nitrogens with zero attached hydrogens (tertiary/aromatic N) is 1. The molecule has 0 aliphatic carbocycles. The van der Waals surface area contributed by atoms with Crippen LogP contribution in [0, 0.1) is 17.2 Å². The summed E-state index contributed by atoms with van der Waals surface area (Å²) in [6.07, 6.45) is 0. The Bertz CT molecular complexity index is 632. The molecule has 0 radical (unpaired) electrons. The van der Waals surface area contributed by atoms with Crippen LogP contribution in [-0.2, 0) is 20.6 Å². The largest absolute Gasteiger partial charge is 0.480 e. The molecule has 20 heavy (non-hydrogen) atoms. The first kappa shape index (κ1) is 16.1. The SMILES string of the molecule is CC(C)[C@@H](NS(=O)(=O)Cc1ccccc1C#N)C(=O)O. The molecule has 108 valence electrons. The highest BCUT2D eigenvalue weighted by atomic mass is 32.2. The van der Waals surface area contributed by atoms with Crippen LogP contribution in [0.4, 0.5) is 0 Å². The van der Waals surface area contributed by atoms with Gasteiger partial charge in [0.15, 0.2) is 0 Å². The molecular formula is C13H16N2O4S. The maximum atomic E-state index is 12.0. The summed E-state index contributed by atoms with van der Waals surface area (Å²) in [5.74, 6) is -2.03. The van der Waals surface area contributed by atoms with Crippen LogP contribution in [0.15, 0.2) is 24.3 Å². The minimum Gasteiger partial charge on any atom is -0.480 e. The normalized spacial score (nSPS) is 12.9. The zero-order valence-electron chi connectivity index (χ0n) is 11.2. The van der Waals surface area contributed by atoms with Crippen molar-refractivity contribution in [2.75, 3.05) is 0 Å². The van der Waals surface area contributed by atoms with Gasteiger partial charge in [-0.15, -0.1) is 0 Å². The first-order valence-corrected chi connectivity index (χ1v) is 7.63. The van der Waals surface area contributed by atoms with Crippen molar-refractivity contribution in [1.29, 1.82) is 5.26 Å². The molecule has 0 amide bonds. The third-order valence-corrected chi connectivity index (χ3v) is 4.03. The van der Waals surface area contributed by atoms with Crippen molar-refractivity contribution in [1.82, 2.24) is 4.72 Å². The fourth-order valence-corrected chi connectivity index (χ4v) is 3.17. The van der Waals surface area contributed by atoms with Crippen molar-refractivity contribution >= 4 is 16.0 Å². The molecular weight excluding hydrogens is 280 g/mol. The van der Waals surface area contributed by atoms with Gasteiger partial charge in [0, 0.05) is 0 Å². The predicted octanol–water partition coefficient (Wildman–Crippen LogP) is 1.09. The molecule has 0 spiro atoms. The van der Waals surface area contributed by atoms with Crippen LogP contribution in [0.3, 0.4) is 0 Å². The molecule has 1 atom stereocenters. The van der Waals surface area contributed by atoms with Crippen LogP contribution in [-0.4, -0.2) is 25.5 Å². The Morgan fingerprint density at radius 2 is 2.00 bits per heavy atom. The van der Waals surface area contributed by atoms with Gasteiger partial charge >= 0.3 is 5.97 Å². The first-order valence-electron chi connectivity index (χ1n) is 5.97. The molecule has 1 aromatic carbocycles. The van der Waals surface area contributed by atoms with Gasteiger partial charge in [-0.25, -0.2) is 13.1 Å². The molecule has 0 aromatic heterocycles. The van der Waals surface area contributed by atoms with E-state index in [1.165, 1.54) is 12.1 Å². The van der Waals surface area contributed by atoms with Gasteiger partial charge in [-0.05, 0) is 17.5 Å². The van der Waals surface area contributed by atoms with Crippen molar-refractivity contribution in [2.45, 2.75) is 25.6 Å². The van der Waals surface area contributed by atoms with Crippen LogP contribution in [0.1, 0.15) is 25.0 Å². The summed E-state index contributed by atoms with van der Waals surface area (Å²) < 4.78 is 26.2. The number of nitriles is 1. The van der Waals surface area contributed by atoms with Gasteiger partial charge in [-0.1, -0.05) is 32.0 Å². The minimum absolute atomic E-state index is 0.259. The predicted molar refractivity (Wildman–Crippen MR) is 73.2 cm³/mol. The summed E-state index contributed by atoms with van der Waals surface area (Å²) >= 11 is 0. The molecule has 0 heterocycles. The molecule has 6 nitrogen and oxygen atoms in total. The third-order valence-electron chi connectivity index (χ3n) is 2.72. The van der Waals surface area contributed by atoms with E-state index in [2.05, 4.69) is 4.72 Å². The summed E-state index contributed by atoms with van der Waals surface area (Å²) in [6.45, 7) is 3.23. The Kier molecular flexibility index (Phi) is 5.25. The van der Waals surface area contributed by atoms with Crippen LogP contribution in [0.2, 0.25) is 0 Å². The average molecular weight is 296 g/mol. The molecule has 0 fully saturated rings. The highest BCUT2D eigenvalue weighted by Crippen LogP contribution is 2.12. The molecule has 0 bridgehead atoms. The van der Waals surface area contributed by atoms with Crippen LogP contribution >= 0.6 is 0 Å². The Morgan fingerprint density at radius 3 is 2.50 bits per heavy atom. The zero-order valence-corrected chi connectivity index (χ0v) is 12.0. The van der Waals surface area contributed by atoms with E-state index in [1.807, 2.05) is 6.07 Å². The van der Waals surface area contributed by atoms with E-state index in [0.717, 1.165) is 0 Å². The number of carbonyl (C=O) groups is 1. The van der Waals surface area contributed by atoms with E-state index >= 15 is 0 Å². The second-order valence-corrected chi connectivity index (χ2v) is 6.46. The summed E-state index contributed by atoms with van der Waals surface area (Å²) in [5, 5.41) is 17.9. The molecule has 0 saturated carbocycles. The standard InChI is InChI=1S/C13H16N2O4S/c1-9(2)12(13(16)17)15-20(18,19)8-11-6-4-3-5-10(11)7-14/h3-6,9,12,15H,8H2,1-2H3,(H,16,17)/t12-/m1/s1. The molecule has 1 rings (SSSR count). The molecule has 0 saturated heterocycles. The molecule has 7 heteroatoms. The van der Waals surface area contributed by atoms with Crippen LogP contribution in [0.5, 0.6) is 0 Å². The van der Waals surface area contributed by atoms with Gasteiger partial charge in [0.05, 0.1) is 17.4 Å². The van der Waals surface area contributed by atoms with Crippen molar-refractivity contribution in [3.63, 3.8) is 0 Å². The highest BCUT2D eigenvalue weighted by molar-refractivity contribution is 7.88. The third kappa shape index (κ3) is 4.33. The number of hydrogen-bond donors (Lipinski definition) is 2. The smallest absolute Gasteiger partial charge is 0.321 e. The Labute approximate surface area is 118 Å². The fourth-order valence-electron chi connectivity index (χ4n) is 1.67. The lowest BCUT2D eigenvalue weighted by molar-refractivity contribution is -0.140. The van der Waals surface area contributed by atoms with E-state index in [0.29, 0.717) is 5.56 Å². The van der Waals surface area contributed by atoms with Gasteiger partial charge < -0.3 is 5.11 Å². The number of nitrogens with one attached hydrogen (secondary N) is 1. The molecule has 0 aliphatic heterocycles. The second kappa shape index (κ2) is 6.50. The van der Waals surface area contributed by atoms with Crippen molar-refractivity contribution < 1.29 is 18.3 Å². The summed E-state index contributed by atoms with van der Waals surface area (Å²) in [4.78, 5) is 11.0. The van der Waals surface area contributed by atoms with E-state index < -0.39 is 27.8 Å². The number of hydrogen-bond acceptors (Lipinski definition) is 4. The number of benzene rings is 1. The maximum Gasteiger partial charge on any atom is 0.321 e. The quantitative estimate of drug-likeness (QED) is 0.817. The van der Waals surface area contributed by atoms with Crippen molar-refractivity contribution in [3.05, 3.63) is 35.4 Å². The lowest BCUT2D eigenvalue weighted by atomic mass is 10.1. The van der Waals surface area contributed by atoms with Crippen molar-refractivity contribution in [3.8, 4) is 6.07 Å². The maximum absolute atomic E-state index is 12.0. The first-order chi connectivity index (χ1) is 9.26. The summed E-state index contributed by atoms with van der Waals surface area (Å²) in [7, 11) is -3.84. The Balaban J connectivity index is 2.96. The molecule has 1 aromatic rings. The van der Waals surface area contributed by atoms with E-state index in [4.69, 9.17) is 10.4 Å². The minimum atomic E-state index is -3.84. The number of rotatable bonds is 6. The van der Waals surface area contributed by atoms with Gasteiger partial charge in [-0.3, -0.25) is 4.79 Å². The Morgan fingerprint density at radius 1 is 1.40 bits per heavy atom. The number of carboxylic acid groups (broad SMARTS) is 1. The molecule has 0 aliphatic rings. The van der Waals surface area contributed by atoms with Crippen molar-refractivity contribution in [2.24, 2.45) is 5.92 Å². The molecule has 0 unspecified atom stereocenters. The Hall–Kier alpha value is -1.91. The van der Waals surface area contributed by atoms with Gasteiger partial charge in [0.1, 0.15) is 6.04 Å². The molecule has 2 N–H and O–H groups in total. The van der Waals surface area contributed by atoms with E-state index in [9.17, 15) is 13.2 Å². The number of aliphatic carboxylic acids is 1. The zero-order chi connectivity index (χ0) is 15.3. The van der Waals surface area contributed by atoms with Gasteiger partial charge in [0.2, 0.25) is 10.0 Å². The average Bonchev–Trinajstić information content (AvgIpc) is 2.35. The second-order valence-electron chi connectivity index (χ2n) is 4.71. The topological polar surface area (TPSA) is 107 Å².